The zero-order valence-electron chi connectivity index (χ0n) is 5.73. The standard InChI is InChI=1S/C4H7NO.H3O4P/c6-4-2-1-3-5-4;1-5(2,3)4/h1-3H2,(H,5,6);(H3,1,2,3,4). The van der Waals surface area contributed by atoms with E-state index in [0.717, 1.165) is 19.4 Å². The topological polar surface area (TPSA) is 107 Å². The maximum absolute atomic E-state index is 10.1. The maximum Gasteiger partial charge on any atom is 0.466 e. The van der Waals surface area contributed by atoms with Crippen molar-refractivity contribution in [2.45, 2.75) is 12.8 Å². The lowest BCUT2D eigenvalue weighted by atomic mass is 10.4. The third-order valence-corrected chi connectivity index (χ3v) is 0.903. The molecule has 0 unspecified atom stereocenters. The van der Waals surface area contributed by atoms with Crippen LogP contribution in [-0.4, -0.2) is 27.1 Å². The van der Waals surface area contributed by atoms with Gasteiger partial charge in [0.25, 0.3) is 0 Å². The van der Waals surface area contributed by atoms with Crippen LogP contribution in [0.1, 0.15) is 12.8 Å². The summed E-state index contributed by atoms with van der Waals surface area (Å²) in [7, 11) is -4.64. The molecule has 1 rings (SSSR count). The number of carbonyl (C=O) groups excluding carboxylic acids is 1. The Balaban J connectivity index is 0.000000187. The number of carbonyl (C=O) groups is 1. The molecular weight excluding hydrogens is 173 g/mol. The van der Waals surface area contributed by atoms with E-state index in [1.54, 1.807) is 0 Å². The van der Waals surface area contributed by atoms with Gasteiger partial charge in [0.1, 0.15) is 0 Å². The number of phosphoric acid groups is 1. The molecule has 0 aromatic heterocycles. The van der Waals surface area contributed by atoms with Gasteiger partial charge in [0.05, 0.1) is 0 Å². The third-order valence-electron chi connectivity index (χ3n) is 0.903. The molecule has 0 saturated carbocycles. The molecule has 66 valence electrons. The molecule has 1 amide bonds. The van der Waals surface area contributed by atoms with Gasteiger partial charge in [-0.15, -0.1) is 0 Å². The van der Waals surface area contributed by atoms with Gasteiger partial charge in [-0.3, -0.25) is 4.79 Å². The van der Waals surface area contributed by atoms with Crippen molar-refractivity contribution >= 4 is 13.7 Å². The van der Waals surface area contributed by atoms with E-state index in [1.165, 1.54) is 0 Å². The monoisotopic (exact) mass is 183 g/mol. The summed E-state index contributed by atoms with van der Waals surface area (Å²) < 4.78 is 8.88. The first-order valence-corrected chi connectivity index (χ1v) is 4.51. The lowest BCUT2D eigenvalue weighted by Crippen LogP contribution is -2.12. The van der Waals surface area contributed by atoms with Gasteiger partial charge in [-0.2, -0.15) is 0 Å². The number of hydrogen-bond donors (Lipinski definition) is 4. The van der Waals surface area contributed by atoms with Gasteiger partial charge in [-0.05, 0) is 6.42 Å². The first-order valence-electron chi connectivity index (χ1n) is 2.94. The van der Waals surface area contributed by atoms with E-state index in [2.05, 4.69) is 5.32 Å². The average molecular weight is 183 g/mol. The molecule has 0 aliphatic carbocycles. The van der Waals surface area contributed by atoms with Gasteiger partial charge in [0.2, 0.25) is 5.91 Å². The first kappa shape index (κ1) is 10.6. The zero-order valence-corrected chi connectivity index (χ0v) is 6.62. The summed E-state index contributed by atoms with van der Waals surface area (Å²) in [6, 6.07) is 0. The molecule has 11 heavy (non-hydrogen) atoms. The molecule has 0 spiro atoms. The predicted molar refractivity (Wildman–Crippen MR) is 36.5 cm³/mol. The van der Waals surface area contributed by atoms with Gasteiger partial charge in [-0.1, -0.05) is 0 Å². The van der Waals surface area contributed by atoms with Crippen LogP contribution in [0.15, 0.2) is 0 Å². The maximum atomic E-state index is 10.1. The van der Waals surface area contributed by atoms with Crippen molar-refractivity contribution in [3.8, 4) is 0 Å². The van der Waals surface area contributed by atoms with E-state index in [9.17, 15) is 4.79 Å². The van der Waals surface area contributed by atoms with Crippen LogP contribution in [0.2, 0.25) is 0 Å². The molecule has 0 aromatic carbocycles. The molecule has 4 N–H and O–H groups in total. The first-order chi connectivity index (χ1) is 4.89. The lowest BCUT2D eigenvalue weighted by molar-refractivity contribution is -0.119. The minimum absolute atomic E-state index is 0.204. The highest BCUT2D eigenvalue weighted by atomic mass is 31.2. The summed E-state index contributed by atoms with van der Waals surface area (Å²) in [5.41, 5.74) is 0. The van der Waals surface area contributed by atoms with Gasteiger partial charge < -0.3 is 20.0 Å². The van der Waals surface area contributed by atoms with Crippen LogP contribution in [-0.2, 0) is 9.36 Å². The quantitative estimate of drug-likeness (QED) is 0.359. The van der Waals surface area contributed by atoms with Gasteiger partial charge in [0, 0.05) is 13.0 Å². The molecule has 6 nitrogen and oxygen atoms in total. The van der Waals surface area contributed by atoms with E-state index in [0.29, 0.717) is 0 Å². The smallest absolute Gasteiger partial charge is 0.356 e. The van der Waals surface area contributed by atoms with Crippen LogP contribution >= 0.6 is 7.82 Å². The lowest BCUT2D eigenvalue weighted by Gasteiger charge is -1.82. The van der Waals surface area contributed by atoms with Gasteiger partial charge in [0.15, 0.2) is 0 Å². The van der Waals surface area contributed by atoms with Crippen molar-refractivity contribution < 1.29 is 24.0 Å². The van der Waals surface area contributed by atoms with E-state index in [4.69, 9.17) is 19.2 Å². The van der Waals surface area contributed by atoms with Crippen molar-refractivity contribution in [1.82, 2.24) is 5.32 Å². The van der Waals surface area contributed by atoms with E-state index < -0.39 is 7.82 Å². The molecule has 1 saturated heterocycles. The van der Waals surface area contributed by atoms with Crippen LogP contribution in [0.25, 0.3) is 0 Å². The largest absolute Gasteiger partial charge is 0.466 e. The fraction of sp³-hybridized carbons (Fsp3) is 0.750. The molecule has 0 radical (unpaired) electrons. The second-order valence-electron chi connectivity index (χ2n) is 1.97. The second-order valence-corrected chi connectivity index (χ2v) is 2.99. The van der Waals surface area contributed by atoms with Crippen molar-refractivity contribution in [2.24, 2.45) is 0 Å². The van der Waals surface area contributed by atoms with Crippen molar-refractivity contribution in [2.75, 3.05) is 6.54 Å². The Morgan fingerprint density at radius 3 is 1.91 bits per heavy atom. The Morgan fingerprint density at radius 1 is 1.36 bits per heavy atom. The highest BCUT2D eigenvalue weighted by Gasteiger charge is 2.05. The molecule has 0 atom stereocenters. The Morgan fingerprint density at radius 2 is 1.82 bits per heavy atom. The number of amides is 1. The molecule has 1 aliphatic heterocycles. The van der Waals surface area contributed by atoms with Gasteiger partial charge in [-0.25, -0.2) is 4.57 Å². The fourth-order valence-corrected chi connectivity index (χ4v) is 0.565. The highest BCUT2D eigenvalue weighted by molar-refractivity contribution is 7.45. The normalized spacial score (nSPS) is 16.8. The number of hydrogen-bond acceptors (Lipinski definition) is 2. The predicted octanol–water partition coefficient (Wildman–Crippen LogP) is -1.03. The Hall–Kier alpha value is -0.420. The minimum atomic E-state index is -4.64. The molecule has 7 heteroatoms. The van der Waals surface area contributed by atoms with E-state index in [-0.39, 0.29) is 5.91 Å². The zero-order chi connectivity index (χ0) is 8.91. The van der Waals surface area contributed by atoms with Crippen LogP contribution < -0.4 is 5.32 Å². The molecule has 1 fully saturated rings. The minimum Gasteiger partial charge on any atom is -0.356 e. The second kappa shape index (κ2) is 4.46. The van der Waals surface area contributed by atoms with E-state index >= 15 is 0 Å². The summed E-state index contributed by atoms with van der Waals surface area (Å²) in [6.45, 7) is 0.888. The summed E-state index contributed by atoms with van der Waals surface area (Å²) in [6.07, 6.45) is 1.76. The molecule has 1 heterocycles. The molecule has 0 bridgehead atoms. The van der Waals surface area contributed by atoms with Crippen LogP contribution in [0.4, 0.5) is 0 Å². The SMILES string of the molecule is O=C1CCCN1.O=P(O)(O)O. The van der Waals surface area contributed by atoms with E-state index in [1.807, 2.05) is 0 Å². The molecular formula is C4H10NO5P. The van der Waals surface area contributed by atoms with Crippen molar-refractivity contribution in [3.63, 3.8) is 0 Å². The summed E-state index contributed by atoms with van der Waals surface area (Å²) in [5.74, 6) is 0.204. The molecule has 0 aromatic rings. The third kappa shape index (κ3) is 12.7. The highest BCUT2D eigenvalue weighted by Crippen LogP contribution is 2.25. The van der Waals surface area contributed by atoms with Gasteiger partial charge >= 0.3 is 7.82 Å². The van der Waals surface area contributed by atoms with Crippen LogP contribution in [0.5, 0.6) is 0 Å². The van der Waals surface area contributed by atoms with Crippen LogP contribution in [0.3, 0.4) is 0 Å². The van der Waals surface area contributed by atoms with Crippen molar-refractivity contribution in [3.05, 3.63) is 0 Å². The Bertz CT molecular complexity index is 159. The summed E-state index contributed by atoms with van der Waals surface area (Å²) in [5, 5.41) is 2.68. The average Bonchev–Trinajstić information content (AvgIpc) is 2.12. The summed E-state index contributed by atoms with van der Waals surface area (Å²) >= 11 is 0. The Kier molecular flexibility index (Phi) is 4.29. The number of nitrogens with one attached hydrogen (secondary N) is 1. The van der Waals surface area contributed by atoms with Crippen molar-refractivity contribution in [1.29, 1.82) is 0 Å². The number of rotatable bonds is 0. The fourth-order valence-electron chi connectivity index (χ4n) is 0.565. The van der Waals surface area contributed by atoms with Crippen LogP contribution in [0, 0.1) is 0 Å². The molecule has 1 aliphatic rings. The Labute approximate surface area is 63.5 Å². The summed E-state index contributed by atoms with van der Waals surface area (Å²) in [4.78, 5) is 31.7.